The van der Waals surface area contributed by atoms with Gasteiger partial charge >= 0.3 is 0 Å². The molecule has 8 nitrogen and oxygen atoms in total. The van der Waals surface area contributed by atoms with Crippen LogP contribution in [0.2, 0.25) is 0 Å². The Bertz CT molecular complexity index is 972. The molecule has 0 spiro atoms. The minimum absolute atomic E-state index is 0.242. The molecule has 3 atom stereocenters. The number of carbonyl (C=O) groups is 4. The van der Waals surface area contributed by atoms with Crippen LogP contribution in [0.3, 0.4) is 0 Å². The monoisotopic (exact) mass is 413 g/mol. The Balaban J connectivity index is 2.17. The molecule has 0 unspecified atom stereocenters. The van der Waals surface area contributed by atoms with Crippen LogP contribution in [0.5, 0.6) is 5.75 Å². The lowest BCUT2D eigenvalue weighted by Gasteiger charge is -2.21. The molecule has 0 aromatic heterocycles. The molecule has 0 saturated carbocycles. The van der Waals surface area contributed by atoms with Gasteiger partial charge in [-0.3, -0.25) is 19.2 Å². The van der Waals surface area contributed by atoms with Crippen LogP contribution in [-0.4, -0.2) is 42.7 Å². The minimum Gasteiger partial charge on any atom is -0.497 e. The number of hydrogen-bond acceptors (Lipinski definition) is 5. The number of nitrogens with one attached hydrogen (secondary N) is 2. The van der Waals surface area contributed by atoms with Gasteiger partial charge in [-0.1, -0.05) is 24.3 Å². The fraction of sp³-hybridized carbons (Fsp3) is 0.364. The van der Waals surface area contributed by atoms with Crippen molar-refractivity contribution >= 4 is 34.3 Å². The van der Waals surface area contributed by atoms with E-state index in [1.54, 1.807) is 14.0 Å². The molecule has 0 bridgehead atoms. The number of hydrogen-bond donors (Lipinski definition) is 3. The van der Waals surface area contributed by atoms with Gasteiger partial charge in [0.05, 0.1) is 25.5 Å². The number of ether oxygens (including phenoxy) is 1. The summed E-state index contributed by atoms with van der Waals surface area (Å²) in [5.41, 5.74) is 5.97. The maximum absolute atomic E-state index is 12.8. The SMILES string of the molecule is COc1ccc2cc([C@H](C)C(=O)N[C@H](CC(N)=O)C(=O)N[C@@H](C)C(C)=O)ccc2c1. The number of fused-ring (bicyclic) bond motifs is 1. The van der Waals surface area contributed by atoms with Crippen molar-refractivity contribution in [3.8, 4) is 5.75 Å². The molecule has 4 N–H and O–H groups in total. The summed E-state index contributed by atoms with van der Waals surface area (Å²) in [5.74, 6) is -1.89. The molecule has 0 heterocycles. The van der Waals surface area contributed by atoms with E-state index in [2.05, 4.69) is 10.6 Å². The van der Waals surface area contributed by atoms with E-state index in [4.69, 9.17) is 10.5 Å². The van der Waals surface area contributed by atoms with E-state index in [9.17, 15) is 19.2 Å². The molecule has 0 radical (unpaired) electrons. The Morgan fingerprint density at radius 2 is 1.60 bits per heavy atom. The highest BCUT2D eigenvalue weighted by Gasteiger charge is 2.27. The van der Waals surface area contributed by atoms with E-state index in [1.807, 2.05) is 36.4 Å². The summed E-state index contributed by atoms with van der Waals surface area (Å²) < 4.78 is 5.22. The van der Waals surface area contributed by atoms with Crippen LogP contribution in [0.15, 0.2) is 36.4 Å². The molecule has 0 fully saturated rings. The van der Waals surface area contributed by atoms with Crippen LogP contribution in [0.4, 0.5) is 0 Å². The second-order valence-corrected chi connectivity index (χ2v) is 7.27. The number of rotatable bonds is 9. The van der Waals surface area contributed by atoms with E-state index in [-0.39, 0.29) is 12.2 Å². The third kappa shape index (κ3) is 5.79. The minimum atomic E-state index is -1.16. The lowest BCUT2D eigenvalue weighted by atomic mass is 9.96. The zero-order chi connectivity index (χ0) is 22.4. The van der Waals surface area contributed by atoms with Crippen molar-refractivity contribution < 1.29 is 23.9 Å². The summed E-state index contributed by atoms with van der Waals surface area (Å²) in [6, 6.07) is 9.33. The third-order valence-corrected chi connectivity index (χ3v) is 4.97. The predicted octanol–water partition coefficient (Wildman–Crippen LogP) is 1.41. The zero-order valence-electron chi connectivity index (χ0n) is 17.5. The van der Waals surface area contributed by atoms with E-state index in [0.717, 1.165) is 22.1 Å². The van der Waals surface area contributed by atoms with Gasteiger partial charge in [-0.25, -0.2) is 0 Å². The first kappa shape index (κ1) is 22.9. The van der Waals surface area contributed by atoms with E-state index < -0.39 is 35.7 Å². The van der Waals surface area contributed by atoms with Gasteiger partial charge in [0.2, 0.25) is 17.7 Å². The molecule has 2 aromatic rings. The summed E-state index contributed by atoms with van der Waals surface area (Å²) >= 11 is 0. The number of carbonyl (C=O) groups excluding carboxylic acids is 4. The van der Waals surface area contributed by atoms with Crippen molar-refractivity contribution in [1.82, 2.24) is 10.6 Å². The molecular formula is C22H27N3O5. The first-order chi connectivity index (χ1) is 14.1. The fourth-order valence-electron chi connectivity index (χ4n) is 2.91. The highest BCUT2D eigenvalue weighted by Crippen LogP contribution is 2.25. The largest absolute Gasteiger partial charge is 0.497 e. The maximum atomic E-state index is 12.8. The summed E-state index contributed by atoms with van der Waals surface area (Å²) in [5, 5.41) is 6.96. The first-order valence-corrected chi connectivity index (χ1v) is 9.59. The molecule has 0 aliphatic carbocycles. The predicted molar refractivity (Wildman–Crippen MR) is 113 cm³/mol. The van der Waals surface area contributed by atoms with Crippen molar-refractivity contribution in [3.63, 3.8) is 0 Å². The number of amides is 3. The molecular weight excluding hydrogens is 386 g/mol. The maximum Gasteiger partial charge on any atom is 0.243 e. The average Bonchev–Trinajstić information content (AvgIpc) is 2.71. The van der Waals surface area contributed by atoms with Crippen LogP contribution < -0.4 is 21.1 Å². The lowest BCUT2D eigenvalue weighted by molar-refractivity contribution is -0.133. The molecule has 0 aliphatic heterocycles. The number of benzene rings is 2. The van der Waals surface area contributed by atoms with Gasteiger partial charge in [0.1, 0.15) is 11.8 Å². The number of primary amides is 1. The van der Waals surface area contributed by atoms with Crippen molar-refractivity contribution in [2.75, 3.05) is 7.11 Å². The topological polar surface area (TPSA) is 128 Å². The standard InChI is InChI=1S/C22H27N3O5/c1-12(15-5-6-17-10-18(30-4)8-7-16(17)9-15)21(28)25-19(11-20(23)27)22(29)24-13(2)14(3)26/h5-10,12-13,19H,11H2,1-4H3,(H2,23,27)(H,24,29)(H,25,28)/t12-,13-,19+/m0/s1. The summed E-state index contributed by atoms with van der Waals surface area (Å²) in [4.78, 5) is 47.9. The summed E-state index contributed by atoms with van der Waals surface area (Å²) in [6.45, 7) is 4.57. The van der Waals surface area contributed by atoms with E-state index >= 15 is 0 Å². The normalized spacial score (nSPS) is 13.7. The van der Waals surface area contributed by atoms with Gasteiger partial charge in [0.25, 0.3) is 0 Å². The van der Waals surface area contributed by atoms with Crippen LogP contribution in [0.1, 0.15) is 38.7 Å². The van der Waals surface area contributed by atoms with Crippen molar-refractivity contribution in [3.05, 3.63) is 42.0 Å². The molecule has 160 valence electrons. The number of Topliss-reactive ketones (excluding diaryl/α,β-unsaturated/α-hetero) is 1. The second kappa shape index (κ2) is 9.87. The van der Waals surface area contributed by atoms with Gasteiger partial charge in [-0.05, 0) is 49.2 Å². The summed E-state index contributed by atoms with van der Waals surface area (Å²) in [6.07, 6.45) is -0.369. The van der Waals surface area contributed by atoms with Crippen LogP contribution in [-0.2, 0) is 19.2 Å². The Hall–Kier alpha value is -3.42. The smallest absolute Gasteiger partial charge is 0.243 e. The van der Waals surface area contributed by atoms with E-state index in [1.165, 1.54) is 13.8 Å². The van der Waals surface area contributed by atoms with Crippen molar-refractivity contribution in [1.29, 1.82) is 0 Å². The molecule has 30 heavy (non-hydrogen) atoms. The lowest BCUT2D eigenvalue weighted by Crippen LogP contribution is -2.52. The molecule has 8 heteroatoms. The molecule has 2 aromatic carbocycles. The average molecular weight is 413 g/mol. The Morgan fingerprint density at radius 1 is 0.967 bits per heavy atom. The highest BCUT2D eigenvalue weighted by molar-refractivity contribution is 5.96. The third-order valence-electron chi connectivity index (χ3n) is 4.97. The molecule has 3 amide bonds. The zero-order valence-corrected chi connectivity index (χ0v) is 17.5. The van der Waals surface area contributed by atoms with Crippen LogP contribution in [0.25, 0.3) is 10.8 Å². The van der Waals surface area contributed by atoms with Crippen molar-refractivity contribution in [2.24, 2.45) is 5.73 Å². The number of methoxy groups -OCH3 is 1. The molecule has 0 aliphatic rings. The molecule has 0 saturated heterocycles. The van der Waals surface area contributed by atoms with Crippen LogP contribution in [0, 0.1) is 0 Å². The number of ketones is 1. The van der Waals surface area contributed by atoms with Crippen molar-refractivity contribution in [2.45, 2.75) is 45.2 Å². The van der Waals surface area contributed by atoms with Gasteiger partial charge in [-0.15, -0.1) is 0 Å². The highest BCUT2D eigenvalue weighted by atomic mass is 16.5. The second-order valence-electron chi connectivity index (χ2n) is 7.27. The van der Waals surface area contributed by atoms with Gasteiger partial charge in [0, 0.05) is 0 Å². The fourth-order valence-corrected chi connectivity index (χ4v) is 2.91. The first-order valence-electron chi connectivity index (χ1n) is 9.59. The Labute approximate surface area is 175 Å². The van der Waals surface area contributed by atoms with E-state index in [0.29, 0.717) is 0 Å². The van der Waals surface area contributed by atoms with Gasteiger partial charge in [0.15, 0.2) is 5.78 Å². The summed E-state index contributed by atoms with van der Waals surface area (Å²) in [7, 11) is 1.60. The molecule has 2 rings (SSSR count). The van der Waals surface area contributed by atoms with Gasteiger partial charge < -0.3 is 21.1 Å². The quantitative estimate of drug-likeness (QED) is 0.573. The van der Waals surface area contributed by atoms with Crippen LogP contribution >= 0.6 is 0 Å². The number of nitrogens with two attached hydrogens (primary N) is 1. The Kier molecular flexibility index (Phi) is 7.52. The van der Waals surface area contributed by atoms with Gasteiger partial charge in [-0.2, -0.15) is 0 Å². The Morgan fingerprint density at radius 3 is 2.20 bits per heavy atom.